The van der Waals surface area contributed by atoms with Crippen LogP contribution in [0.4, 0.5) is 0 Å². The first-order valence-electron chi connectivity index (χ1n) is 6.55. The molecule has 0 radical (unpaired) electrons. The zero-order valence-electron chi connectivity index (χ0n) is 11.1. The standard InChI is InChI=1S/C14H29NO/c1-4-5-6-7-8-11-15-13-14(2,3)10-9-12-16/h4,15-16H,1,5-13H2,2-3H3. The molecule has 0 spiro atoms. The van der Waals surface area contributed by atoms with Crippen LogP contribution in [0.5, 0.6) is 0 Å². The van der Waals surface area contributed by atoms with E-state index in [1.807, 2.05) is 6.08 Å². The number of allylic oxidation sites excluding steroid dienone is 1. The fourth-order valence-electron chi connectivity index (χ4n) is 1.79. The maximum absolute atomic E-state index is 8.79. The highest BCUT2D eigenvalue weighted by atomic mass is 16.2. The molecule has 0 heterocycles. The average molecular weight is 227 g/mol. The molecule has 0 fully saturated rings. The van der Waals surface area contributed by atoms with Crippen molar-refractivity contribution in [1.29, 1.82) is 0 Å². The molecule has 0 aliphatic carbocycles. The molecule has 0 saturated carbocycles. The van der Waals surface area contributed by atoms with Gasteiger partial charge in [0, 0.05) is 13.2 Å². The van der Waals surface area contributed by atoms with Gasteiger partial charge in [0.1, 0.15) is 0 Å². The topological polar surface area (TPSA) is 32.3 Å². The van der Waals surface area contributed by atoms with Crippen LogP contribution in [0.3, 0.4) is 0 Å². The van der Waals surface area contributed by atoms with Gasteiger partial charge in [-0.3, -0.25) is 0 Å². The number of aliphatic hydroxyl groups excluding tert-OH is 1. The summed E-state index contributed by atoms with van der Waals surface area (Å²) in [4.78, 5) is 0. The number of hydrogen-bond donors (Lipinski definition) is 2. The van der Waals surface area contributed by atoms with Crippen molar-refractivity contribution in [2.45, 2.75) is 52.4 Å². The van der Waals surface area contributed by atoms with Crippen LogP contribution in [0.2, 0.25) is 0 Å². The number of unbranched alkanes of at least 4 members (excludes halogenated alkanes) is 3. The predicted molar refractivity (Wildman–Crippen MR) is 71.6 cm³/mol. The highest BCUT2D eigenvalue weighted by Crippen LogP contribution is 2.20. The number of rotatable bonds is 11. The summed E-state index contributed by atoms with van der Waals surface area (Å²) in [5.74, 6) is 0. The Morgan fingerprint density at radius 3 is 2.56 bits per heavy atom. The molecule has 0 aromatic carbocycles. The van der Waals surface area contributed by atoms with Crippen molar-refractivity contribution in [3.05, 3.63) is 12.7 Å². The summed E-state index contributed by atoms with van der Waals surface area (Å²) in [6.07, 6.45) is 8.94. The van der Waals surface area contributed by atoms with E-state index >= 15 is 0 Å². The fourth-order valence-corrected chi connectivity index (χ4v) is 1.79. The minimum absolute atomic E-state index is 0.309. The average Bonchev–Trinajstić information content (AvgIpc) is 2.25. The van der Waals surface area contributed by atoms with Crippen LogP contribution in [0.25, 0.3) is 0 Å². The lowest BCUT2D eigenvalue weighted by molar-refractivity contribution is 0.236. The predicted octanol–water partition coefficient (Wildman–Crippen LogP) is 3.12. The van der Waals surface area contributed by atoms with Gasteiger partial charge in [0.15, 0.2) is 0 Å². The molecule has 2 N–H and O–H groups in total. The van der Waals surface area contributed by atoms with Gasteiger partial charge >= 0.3 is 0 Å². The molecular formula is C14H29NO. The second-order valence-electron chi connectivity index (χ2n) is 5.31. The smallest absolute Gasteiger partial charge is 0.0431 e. The molecule has 0 aromatic heterocycles. The fraction of sp³-hybridized carbons (Fsp3) is 0.857. The summed E-state index contributed by atoms with van der Waals surface area (Å²) in [7, 11) is 0. The van der Waals surface area contributed by atoms with Crippen molar-refractivity contribution in [3.63, 3.8) is 0 Å². The Morgan fingerprint density at radius 2 is 1.94 bits per heavy atom. The van der Waals surface area contributed by atoms with Crippen LogP contribution >= 0.6 is 0 Å². The Bertz CT molecular complexity index is 166. The molecule has 0 bridgehead atoms. The lowest BCUT2D eigenvalue weighted by atomic mass is 9.88. The normalized spacial score (nSPS) is 11.7. The van der Waals surface area contributed by atoms with E-state index in [1.165, 1.54) is 19.3 Å². The first kappa shape index (κ1) is 15.7. The van der Waals surface area contributed by atoms with E-state index < -0.39 is 0 Å². The molecule has 0 rings (SSSR count). The zero-order chi connectivity index (χ0) is 12.3. The summed E-state index contributed by atoms with van der Waals surface area (Å²) in [6.45, 7) is 10.7. The molecule has 0 atom stereocenters. The molecule has 0 unspecified atom stereocenters. The minimum Gasteiger partial charge on any atom is -0.396 e. The van der Waals surface area contributed by atoms with Gasteiger partial charge in [-0.05, 0) is 44.1 Å². The van der Waals surface area contributed by atoms with Crippen LogP contribution < -0.4 is 5.32 Å². The molecular weight excluding hydrogens is 198 g/mol. The third-order valence-corrected chi connectivity index (χ3v) is 2.88. The van der Waals surface area contributed by atoms with Crippen LogP contribution in [0, 0.1) is 5.41 Å². The lowest BCUT2D eigenvalue weighted by Gasteiger charge is -2.24. The van der Waals surface area contributed by atoms with Crippen molar-refractivity contribution in [2.75, 3.05) is 19.7 Å². The molecule has 0 saturated heterocycles. The van der Waals surface area contributed by atoms with Gasteiger partial charge in [0.2, 0.25) is 0 Å². The van der Waals surface area contributed by atoms with E-state index in [0.29, 0.717) is 12.0 Å². The molecule has 16 heavy (non-hydrogen) atoms. The summed E-state index contributed by atoms with van der Waals surface area (Å²) in [5.41, 5.74) is 0.309. The molecule has 96 valence electrons. The van der Waals surface area contributed by atoms with Gasteiger partial charge in [-0.1, -0.05) is 26.3 Å². The van der Waals surface area contributed by atoms with Crippen molar-refractivity contribution in [1.82, 2.24) is 5.32 Å². The number of nitrogens with one attached hydrogen (secondary N) is 1. The van der Waals surface area contributed by atoms with Gasteiger partial charge in [-0.15, -0.1) is 6.58 Å². The summed E-state index contributed by atoms with van der Waals surface area (Å²) < 4.78 is 0. The van der Waals surface area contributed by atoms with Crippen molar-refractivity contribution < 1.29 is 5.11 Å². The zero-order valence-corrected chi connectivity index (χ0v) is 11.1. The minimum atomic E-state index is 0.309. The highest BCUT2D eigenvalue weighted by molar-refractivity contribution is 4.71. The van der Waals surface area contributed by atoms with Crippen molar-refractivity contribution in [3.8, 4) is 0 Å². The van der Waals surface area contributed by atoms with Crippen LogP contribution in [-0.2, 0) is 0 Å². The second-order valence-corrected chi connectivity index (χ2v) is 5.31. The third-order valence-electron chi connectivity index (χ3n) is 2.88. The van der Waals surface area contributed by atoms with E-state index in [9.17, 15) is 0 Å². The SMILES string of the molecule is C=CCCCCCNCC(C)(C)CCCO. The van der Waals surface area contributed by atoms with E-state index in [1.54, 1.807) is 0 Å². The first-order chi connectivity index (χ1) is 7.62. The Morgan fingerprint density at radius 1 is 1.19 bits per heavy atom. The largest absolute Gasteiger partial charge is 0.396 e. The Hall–Kier alpha value is -0.340. The molecule has 0 amide bonds. The van der Waals surface area contributed by atoms with Crippen LogP contribution in [0.1, 0.15) is 52.4 Å². The number of hydrogen-bond acceptors (Lipinski definition) is 2. The quantitative estimate of drug-likeness (QED) is 0.420. The van der Waals surface area contributed by atoms with E-state index in [-0.39, 0.29) is 0 Å². The van der Waals surface area contributed by atoms with Crippen molar-refractivity contribution in [2.24, 2.45) is 5.41 Å². The maximum atomic E-state index is 8.79. The van der Waals surface area contributed by atoms with Gasteiger partial charge in [-0.2, -0.15) is 0 Å². The van der Waals surface area contributed by atoms with Crippen LogP contribution in [-0.4, -0.2) is 24.8 Å². The maximum Gasteiger partial charge on any atom is 0.0431 e. The molecule has 2 heteroatoms. The van der Waals surface area contributed by atoms with Gasteiger partial charge < -0.3 is 10.4 Å². The summed E-state index contributed by atoms with van der Waals surface area (Å²) in [6, 6.07) is 0. The Kier molecular flexibility index (Phi) is 9.65. The first-order valence-corrected chi connectivity index (χ1v) is 6.55. The Balaban J connectivity index is 3.32. The van der Waals surface area contributed by atoms with E-state index in [4.69, 9.17) is 5.11 Å². The third kappa shape index (κ3) is 10.2. The van der Waals surface area contributed by atoms with Gasteiger partial charge in [0.25, 0.3) is 0 Å². The lowest BCUT2D eigenvalue weighted by Crippen LogP contribution is -2.30. The molecule has 0 aromatic rings. The monoisotopic (exact) mass is 227 g/mol. The van der Waals surface area contributed by atoms with Crippen molar-refractivity contribution >= 4 is 0 Å². The summed E-state index contributed by atoms with van der Waals surface area (Å²) >= 11 is 0. The van der Waals surface area contributed by atoms with E-state index in [2.05, 4.69) is 25.7 Å². The molecule has 2 nitrogen and oxygen atoms in total. The second kappa shape index (κ2) is 9.86. The number of aliphatic hydroxyl groups is 1. The van der Waals surface area contributed by atoms with Gasteiger partial charge in [0.05, 0.1) is 0 Å². The van der Waals surface area contributed by atoms with Crippen LogP contribution in [0.15, 0.2) is 12.7 Å². The Labute approximate surface area is 101 Å². The summed E-state index contributed by atoms with van der Waals surface area (Å²) in [5, 5.41) is 12.3. The molecule has 0 aliphatic rings. The highest BCUT2D eigenvalue weighted by Gasteiger charge is 2.15. The van der Waals surface area contributed by atoms with Gasteiger partial charge in [-0.25, -0.2) is 0 Å². The molecule has 0 aliphatic heterocycles. The van der Waals surface area contributed by atoms with E-state index in [0.717, 1.165) is 32.4 Å².